The topological polar surface area (TPSA) is 86.2 Å². The molecule has 6 nitrogen and oxygen atoms in total. The predicted molar refractivity (Wildman–Crippen MR) is 109 cm³/mol. The Kier molecular flexibility index (Phi) is 5.02. The minimum atomic E-state index is -3.54. The number of aryl methyl sites for hydroxylation is 2. The quantitative estimate of drug-likeness (QED) is 0.432. The molecule has 0 unspecified atom stereocenters. The third-order valence-corrected chi connectivity index (χ3v) is 6.42. The van der Waals surface area contributed by atoms with Crippen LogP contribution in [0.25, 0.3) is 23.0 Å². The molecule has 0 bridgehead atoms. The van der Waals surface area contributed by atoms with Crippen LogP contribution in [0.15, 0.2) is 68.4 Å². The van der Waals surface area contributed by atoms with Crippen molar-refractivity contribution in [3.63, 3.8) is 0 Å². The monoisotopic (exact) mass is 428 g/mol. The van der Waals surface area contributed by atoms with E-state index in [4.69, 9.17) is 20.5 Å². The van der Waals surface area contributed by atoms with E-state index in [1.807, 2.05) is 19.9 Å². The summed E-state index contributed by atoms with van der Waals surface area (Å²) in [5, 5.41) is 4.49. The minimum Gasteiger partial charge on any atom is -0.455 e. The van der Waals surface area contributed by atoms with Gasteiger partial charge in [-0.2, -0.15) is 4.98 Å². The normalized spacial score (nSPS) is 11.7. The van der Waals surface area contributed by atoms with Crippen LogP contribution >= 0.6 is 11.6 Å². The second-order valence-corrected chi connectivity index (χ2v) is 9.13. The number of furan rings is 1. The first kappa shape index (κ1) is 19.4. The van der Waals surface area contributed by atoms with Crippen molar-refractivity contribution in [3.8, 4) is 23.0 Å². The van der Waals surface area contributed by atoms with Crippen molar-refractivity contribution in [2.45, 2.75) is 24.5 Å². The molecule has 0 spiro atoms. The van der Waals surface area contributed by atoms with E-state index in [9.17, 15) is 8.42 Å². The van der Waals surface area contributed by atoms with Crippen LogP contribution in [0.1, 0.15) is 16.9 Å². The summed E-state index contributed by atoms with van der Waals surface area (Å²) in [4.78, 5) is 4.57. The van der Waals surface area contributed by atoms with Crippen molar-refractivity contribution in [1.29, 1.82) is 0 Å². The first-order valence-electron chi connectivity index (χ1n) is 8.80. The van der Waals surface area contributed by atoms with E-state index in [0.29, 0.717) is 27.9 Å². The molecule has 4 rings (SSSR count). The Bertz CT molecular complexity index is 1290. The minimum absolute atomic E-state index is 0.162. The van der Waals surface area contributed by atoms with E-state index < -0.39 is 9.84 Å². The highest BCUT2D eigenvalue weighted by Crippen LogP contribution is 2.27. The van der Waals surface area contributed by atoms with Gasteiger partial charge >= 0.3 is 0 Å². The SMILES string of the molecule is Cc1ccc(S(=O)(=O)Cc2ccc(-c3nc(-c4cccc(Cl)c4)no3)o2)cc1C. The highest BCUT2D eigenvalue weighted by Gasteiger charge is 2.20. The van der Waals surface area contributed by atoms with Gasteiger partial charge in [-0.05, 0) is 61.4 Å². The molecule has 0 fully saturated rings. The number of nitrogens with zero attached hydrogens (tertiary/aromatic N) is 2. The van der Waals surface area contributed by atoms with E-state index in [1.165, 1.54) is 0 Å². The first-order valence-corrected chi connectivity index (χ1v) is 10.8. The van der Waals surface area contributed by atoms with Crippen molar-refractivity contribution >= 4 is 21.4 Å². The molecule has 0 radical (unpaired) electrons. The molecule has 8 heteroatoms. The molecule has 0 saturated heterocycles. The molecule has 0 saturated carbocycles. The number of rotatable bonds is 5. The van der Waals surface area contributed by atoms with Gasteiger partial charge in [-0.1, -0.05) is 35.0 Å². The Hall–Kier alpha value is -2.90. The summed E-state index contributed by atoms with van der Waals surface area (Å²) in [6.45, 7) is 3.82. The number of hydrogen-bond donors (Lipinski definition) is 0. The summed E-state index contributed by atoms with van der Waals surface area (Å²) in [5.41, 5.74) is 2.67. The highest BCUT2D eigenvalue weighted by atomic mass is 35.5. The van der Waals surface area contributed by atoms with E-state index in [1.54, 1.807) is 48.5 Å². The van der Waals surface area contributed by atoms with Crippen LogP contribution in [0.5, 0.6) is 0 Å². The molecule has 2 heterocycles. The maximum Gasteiger partial charge on any atom is 0.293 e. The van der Waals surface area contributed by atoms with E-state index in [2.05, 4.69) is 10.1 Å². The van der Waals surface area contributed by atoms with Gasteiger partial charge in [-0.25, -0.2) is 8.42 Å². The molecule has 0 aliphatic carbocycles. The maximum atomic E-state index is 12.7. The molecule has 0 amide bonds. The fourth-order valence-electron chi connectivity index (χ4n) is 2.82. The number of benzene rings is 2. The van der Waals surface area contributed by atoms with Crippen LogP contribution in [-0.2, 0) is 15.6 Å². The third-order valence-electron chi connectivity index (χ3n) is 4.55. The average molecular weight is 429 g/mol. The molecular weight excluding hydrogens is 412 g/mol. The summed E-state index contributed by atoms with van der Waals surface area (Å²) in [6, 6.07) is 15.4. The second-order valence-electron chi connectivity index (χ2n) is 6.70. The number of hydrogen-bond acceptors (Lipinski definition) is 6. The zero-order chi connectivity index (χ0) is 20.6. The fourth-order valence-corrected chi connectivity index (χ4v) is 4.34. The van der Waals surface area contributed by atoms with E-state index in [0.717, 1.165) is 11.1 Å². The Morgan fingerprint density at radius 3 is 2.59 bits per heavy atom. The Balaban J connectivity index is 1.56. The van der Waals surface area contributed by atoms with Crippen molar-refractivity contribution in [2.75, 3.05) is 0 Å². The fraction of sp³-hybridized carbons (Fsp3) is 0.143. The Morgan fingerprint density at radius 2 is 1.83 bits per heavy atom. The number of aromatic nitrogens is 2. The molecule has 0 N–H and O–H groups in total. The van der Waals surface area contributed by atoms with Gasteiger partial charge in [-0.15, -0.1) is 0 Å². The molecule has 0 atom stereocenters. The summed E-state index contributed by atoms with van der Waals surface area (Å²) in [7, 11) is -3.54. The molecule has 148 valence electrons. The average Bonchev–Trinajstić information content (AvgIpc) is 3.33. The Labute approximate surface area is 173 Å². The van der Waals surface area contributed by atoms with Crippen LogP contribution in [0.3, 0.4) is 0 Å². The molecule has 0 aliphatic heterocycles. The predicted octanol–water partition coefficient (Wildman–Crippen LogP) is 5.24. The lowest BCUT2D eigenvalue weighted by molar-refractivity contribution is 0.413. The van der Waals surface area contributed by atoms with Gasteiger partial charge in [0, 0.05) is 10.6 Å². The molecule has 2 aromatic heterocycles. The van der Waals surface area contributed by atoms with Gasteiger partial charge in [-0.3, -0.25) is 0 Å². The lowest BCUT2D eigenvalue weighted by Gasteiger charge is -2.05. The first-order chi connectivity index (χ1) is 13.8. The largest absolute Gasteiger partial charge is 0.455 e. The molecular formula is C21H17ClN2O4S. The molecule has 29 heavy (non-hydrogen) atoms. The van der Waals surface area contributed by atoms with Gasteiger partial charge in [0.25, 0.3) is 5.89 Å². The summed E-state index contributed by atoms with van der Waals surface area (Å²) < 4.78 is 36.3. The zero-order valence-corrected chi connectivity index (χ0v) is 17.3. The van der Waals surface area contributed by atoms with Crippen LogP contribution in [0, 0.1) is 13.8 Å². The van der Waals surface area contributed by atoms with Crippen LogP contribution < -0.4 is 0 Å². The number of halogens is 1. The Morgan fingerprint density at radius 1 is 1.00 bits per heavy atom. The molecule has 0 aliphatic rings. The van der Waals surface area contributed by atoms with E-state index >= 15 is 0 Å². The van der Waals surface area contributed by atoms with Crippen LogP contribution in [-0.4, -0.2) is 18.6 Å². The molecule has 2 aromatic carbocycles. The van der Waals surface area contributed by atoms with Gasteiger partial charge in [0.1, 0.15) is 11.5 Å². The molecule has 4 aromatic rings. The summed E-state index contributed by atoms with van der Waals surface area (Å²) in [5.74, 6) is 0.861. The van der Waals surface area contributed by atoms with Gasteiger partial charge in [0.2, 0.25) is 5.82 Å². The van der Waals surface area contributed by atoms with Crippen molar-refractivity contribution in [3.05, 3.63) is 76.5 Å². The maximum absolute atomic E-state index is 12.7. The summed E-state index contributed by atoms with van der Waals surface area (Å²) in [6.07, 6.45) is 0. The van der Waals surface area contributed by atoms with Crippen molar-refractivity contribution in [1.82, 2.24) is 10.1 Å². The number of sulfone groups is 1. The zero-order valence-electron chi connectivity index (χ0n) is 15.7. The van der Waals surface area contributed by atoms with Gasteiger partial charge in [0.05, 0.1) is 4.90 Å². The van der Waals surface area contributed by atoms with Crippen LogP contribution in [0.2, 0.25) is 5.02 Å². The van der Waals surface area contributed by atoms with Crippen LogP contribution in [0.4, 0.5) is 0 Å². The van der Waals surface area contributed by atoms with Gasteiger partial charge in [0.15, 0.2) is 15.6 Å². The third kappa shape index (κ3) is 4.11. The lowest BCUT2D eigenvalue weighted by atomic mass is 10.1. The van der Waals surface area contributed by atoms with E-state index in [-0.39, 0.29) is 16.5 Å². The standard InChI is InChI=1S/C21H17ClN2O4S/c1-13-6-8-18(10-14(13)2)29(25,26)12-17-7-9-19(27-17)21-23-20(24-28-21)15-4-3-5-16(22)11-15/h3-11H,12H2,1-2H3. The van der Waals surface area contributed by atoms with Crippen molar-refractivity contribution < 1.29 is 17.4 Å². The van der Waals surface area contributed by atoms with Gasteiger partial charge < -0.3 is 8.94 Å². The smallest absolute Gasteiger partial charge is 0.293 e. The van der Waals surface area contributed by atoms with Crippen molar-refractivity contribution in [2.24, 2.45) is 0 Å². The second kappa shape index (κ2) is 7.50. The summed E-state index contributed by atoms with van der Waals surface area (Å²) >= 11 is 5.99. The lowest BCUT2D eigenvalue weighted by Crippen LogP contribution is -2.05. The highest BCUT2D eigenvalue weighted by molar-refractivity contribution is 7.90.